The van der Waals surface area contributed by atoms with Gasteiger partial charge in [0, 0.05) is 6.42 Å². The molecule has 0 radical (unpaired) electrons. The lowest BCUT2D eigenvalue weighted by Crippen LogP contribution is -2.45. The Morgan fingerprint density at radius 2 is 1.22 bits per heavy atom. The number of nitrogens with zero attached hydrogens (tertiary/aromatic N) is 1. The van der Waals surface area contributed by atoms with Crippen LogP contribution in [0, 0.1) is 0 Å². The normalized spacial score (nSPS) is 15.5. The largest absolute Gasteiger partial charge is 0.472 e. The van der Waals surface area contributed by atoms with Crippen LogP contribution < -0.4 is 5.32 Å². The van der Waals surface area contributed by atoms with Gasteiger partial charge in [-0.25, -0.2) is 4.57 Å². The molecule has 0 aromatic heterocycles. The number of hydrogen-bond acceptors (Lipinski definition) is 6. The molecule has 0 saturated carbocycles. The van der Waals surface area contributed by atoms with Gasteiger partial charge in [0.25, 0.3) is 0 Å². The van der Waals surface area contributed by atoms with Crippen molar-refractivity contribution in [2.75, 3.05) is 40.9 Å². The molecule has 0 spiro atoms. The van der Waals surface area contributed by atoms with E-state index in [1.165, 1.54) is 103 Å². The molecule has 10 heteroatoms. The minimum atomic E-state index is -4.39. The fourth-order valence-electron chi connectivity index (χ4n) is 5.87. The van der Waals surface area contributed by atoms with E-state index in [0.717, 1.165) is 32.1 Å². The Balaban J connectivity index is 4.67. The van der Waals surface area contributed by atoms with Gasteiger partial charge in [0.2, 0.25) is 5.91 Å². The second kappa shape index (κ2) is 35.8. The van der Waals surface area contributed by atoms with Gasteiger partial charge in [-0.05, 0) is 44.9 Å². The highest BCUT2D eigenvalue weighted by Crippen LogP contribution is 2.43. The van der Waals surface area contributed by atoms with Crippen molar-refractivity contribution < 1.29 is 38.0 Å². The first-order valence-electron chi connectivity index (χ1n) is 21.6. The third-order valence-corrected chi connectivity index (χ3v) is 10.4. The monoisotopic (exact) mass is 784 g/mol. The van der Waals surface area contributed by atoms with Gasteiger partial charge >= 0.3 is 7.82 Å². The van der Waals surface area contributed by atoms with Crippen LogP contribution in [0.25, 0.3) is 0 Å². The number of aliphatic hydroxyl groups is 2. The molecule has 1 amide bonds. The number of nitrogens with one attached hydrogen (secondary N) is 1. The molecule has 0 aromatic carbocycles. The third-order valence-electron chi connectivity index (χ3n) is 9.40. The van der Waals surface area contributed by atoms with E-state index in [0.29, 0.717) is 23.9 Å². The summed E-state index contributed by atoms with van der Waals surface area (Å²) in [6.07, 6.45) is 40.6. The van der Waals surface area contributed by atoms with Crippen LogP contribution in [0.4, 0.5) is 0 Å². The van der Waals surface area contributed by atoms with Gasteiger partial charge in [0.05, 0.1) is 46.0 Å². The van der Waals surface area contributed by atoms with E-state index in [9.17, 15) is 24.5 Å². The van der Waals surface area contributed by atoms with Crippen LogP contribution in [-0.2, 0) is 18.4 Å². The van der Waals surface area contributed by atoms with E-state index >= 15 is 0 Å². The van der Waals surface area contributed by atoms with Crippen LogP contribution in [0.3, 0.4) is 0 Å². The van der Waals surface area contributed by atoms with E-state index in [1.807, 2.05) is 39.4 Å². The van der Waals surface area contributed by atoms with Crippen molar-refractivity contribution in [3.05, 3.63) is 48.6 Å². The van der Waals surface area contributed by atoms with E-state index in [-0.39, 0.29) is 25.5 Å². The number of aliphatic hydroxyl groups excluding tert-OH is 2. The molecule has 0 rings (SSSR count). The zero-order valence-electron chi connectivity index (χ0n) is 35.3. The summed E-state index contributed by atoms with van der Waals surface area (Å²) in [5.74, 6) is -0.334. The predicted molar refractivity (Wildman–Crippen MR) is 227 cm³/mol. The van der Waals surface area contributed by atoms with E-state index in [4.69, 9.17) is 9.05 Å². The summed E-state index contributed by atoms with van der Waals surface area (Å²) in [5.41, 5.74) is 0. The van der Waals surface area contributed by atoms with Crippen LogP contribution >= 0.6 is 7.82 Å². The number of carbonyl (C=O) groups is 1. The van der Waals surface area contributed by atoms with Gasteiger partial charge in [-0.15, -0.1) is 0 Å². The average Bonchev–Trinajstić information content (AvgIpc) is 3.11. The van der Waals surface area contributed by atoms with Crippen LogP contribution in [-0.4, -0.2) is 84.6 Å². The topological polar surface area (TPSA) is 125 Å². The first kappa shape index (κ1) is 52.4. The maximum Gasteiger partial charge on any atom is 0.472 e. The second-order valence-corrected chi connectivity index (χ2v) is 17.4. The number of carbonyl (C=O) groups excluding carboxylic acids is 1. The number of allylic oxidation sites excluding steroid dienone is 6. The predicted octanol–water partition coefficient (Wildman–Crippen LogP) is 10.7. The maximum atomic E-state index is 12.8. The lowest BCUT2D eigenvalue weighted by atomic mass is 10.0. The zero-order chi connectivity index (χ0) is 40.2. The molecule has 4 atom stereocenters. The Morgan fingerprint density at radius 3 is 1.78 bits per heavy atom. The Labute approximate surface area is 332 Å². The Morgan fingerprint density at radius 1 is 0.685 bits per heavy atom. The molecular formula is C44H84N2O7P+. The first-order chi connectivity index (χ1) is 25.9. The van der Waals surface area contributed by atoms with Crippen molar-refractivity contribution in [2.45, 2.75) is 186 Å². The van der Waals surface area contributed by atoms with Crippen LogP contribution in [0.5, 0.6) is 0 Å². The third kappa shape index (κ3) is 37.3. The summed E-state index contributed by atoms with van der Waals surface area (Å²) >= 11 is 0. The minimum Gasteiger partial charge on any atom is -0.389 e. The molecule has 316 valence electrons. The molecular weight excluding hydrogens is 699 g/mol. The average molecular weight is 784 g/mol. The molecule has 2 unspecified atom stereocenters. The number of hydrogen-bond donors (Lipinski definition) is 4. The van der Waals surface area contributed by atoms with Crippen molar-refractivity contribution in [2.24, 2.45) is 0 Å². The second-order valence-electron chi connectivity index (χ2n) is 15.9. The van der Waals surface area contributed by atoms with Gasteiger partial charge in [-0.3, -0.25) is 13.8 Å². The summed E-state index contributed by atoms with van der Waals surface area (Å²) in [7, 11) is 1.45. The summed E-state index contributed by atoms with van der Waals surface area (Å²) in [6, 6.07) is -0.937. The van der Waals surface area contributed by atoms with Gasteiger partial charge in [-0.1, -0.05) is 165 Å². The van der Waals surface area contributed by atoms with Gasteiger partial charge in [-0.2, -0.15) is 0 Å². The Kier molecular flexibility index (Phi) is 34.8. The standard InChI is InChI=1S/C44H83N2O7P/c1-6-8-10-12-14-16-18-20-22-24-26-28-30-32-36-43(48)42(40-53-54(50,51)52-39-38-46(3,4)5)45-44(49)37-33-35-41(47)34-31-29-27-25-23-21-19-17-15-13-11-9-7-2/h21,23,27,29,31-32,34,36,41-43,47-48H,6-20,22,24-26,28,30,33,35,37-40H2,1-5H3,(H-,45,49,50,51)/p+1/b23-21+,29-27+,34-31+,36-32+/t41?,42-,43+/m0/s1. The number of amides is 1. The summed E-state index contributed by atoms with van der Waals surface area (Å²) in [6.45, 7) is 4.63. The van der Waals surface area contributed by atoms with E-state index in [2.05, 4.69) is 37.4 Å². The summed E-state index contributed by atoms with van der Waals surface area (Å²) in [5, 5.41) is 24.1. The summed E-state index contributed by atoms with van der Waals surface area (Å²) in [4.78, 5) is 23.1. The fraction of sp³-hybridized carbons (Fsp3) is 0.795. The van der Waals surface area contributed by atoms with Crippen LogP contribution in [0.2, 0.25) is 0 Å². The molecule has 0 bridgehead atoms. The van der Waals surface area contributed by atoms with E-state index < -0.39 is 26.1 Å². The molecule has 0 aromatic rings. The van der Waals surface area contributed by atoms with Crippen LogP contribution in [0.1, 0.15) is 168 Å². The van der Waals surface area contributed by atoms with Crippen molar-refractivity contribution in [3.63, 3.8) is 0 Å². The number of phosphoric ester groups is 1. The van der Waals surface area contributed by atoms with Gasteiger partial charge in [0.15, 0.2) is 0 Å². The molecule has 0 heterocycles. The lowest BCUT2D eigenvalue weighted by molar-refractivity contribution is -0.870. The fourth-order valence-corrected chi connectivity index (χ4v) is 6.61. The zero-order valence-corrected chi connectivity index (χ0v) is 36.2. The minimum absolute atomic E-state index is 0.0265. The van der Waals surface area contributed by atoms with Gasteiger partial charge < -0.3 is 24.9 Å². The molecule has 9 nitrogen and oxygen atoms in total. The van der Waals surface area contributed by atoms with Crippen molar-refractivity contribution in [3.8, 4) is 0 Å². The molecule has 4 N–H and O–H groups in total. The highest BCUT2D eigenvalue weighted by molar-refractivity contribution is 7.47. The van der Waals surface area contributed by atoms with Crippen LogP contribution in [0.15, 0.2) is 48.6 Å². The first-order valence-corrected chi connectivity index (χ1v) is 23.1. The number of likely N-dealkylation sites (N-methyl/N-ethyl adjacent to an activating group) is 1. The van der Waals surface area contributed by atoms with Crippen molar-refractivity contribution >= 4 is 13.7 Å². The quantitative estimate of drug-likeness (QED) is 0.0161. The number of unbranched alkanes of at least 4 members (excludes halogenated alkanes) is 18. The lowest BCUT2D eigenvalue weighted by Gasteiger charge is -2.25. The number of phosphoric acid groups is 1. The highest BCUT2D eigenvalue weighted by atomic mass is 31.2. The van der Waals surface area contributed by atoms with Gasteiger partial charge in [0.1, 0.15) is 13.2 Å². The van der Waals surface area contributed by atoms with E-state index in [1.54, 1.807) is 12.2 Å². The highest BCUT2D eigenvalue weighted by Gasteiger charge is 2.27. The Bertz CT molecular complexity index is 1040. The SMILES string of the molecule is CCCCCCCC/C=C/C/C=C/C=C/C(O)CCCC(=O)N[C@@H](COP(=O)(O)OCC[N+](C)(C)C)[C@H](O)/C=C/CCCCCCCCCCCCCC. The molecule has 0 aliphatic rings. The molecule has 0 aliphatic heterocycles. The molecule has 0 aliphatic carbocycles. The summed E-state index contributed by atoms with van der Waals surface area (Å²) < 4.78 is 23.4. The van der Waals surface area contributed by atoms with Crippen molar-refractivity contribution in [1.29, 1.82) is 0 Å². The molecule has 0 fully saturated rings. The van der Waals surface area contributed by atoms with Crippen molar-refractivity contribution in [1.82, 2.24) is 5.32 Å². The maximum absolute atomic E-state index is 12.8. The molecule has 0 saturated heterocycles. The molecule has 54 heavy (non-hydrogen) atoms. The number of quaternary nitrogens is 1. The smallest absolute Gasteiger partial charge is 0.389 e. The number of rotatable bonds is 38. The Hall–Kier alpha value is -1.58.